The minimum absolute atomic E-state index is 0.00757. The maximum atomic E-state index is 12.1. The van der Waals surface area contributed by atoms with Gasteiger partial charge in [-0.2, -0.15) is 0 Å². The highest BCUT2D eigenvalue weighted by atomic mass is 16.6. The molecule has 0 fully saturated rings. The number of rotatable bonds is 4. The van der Waals surface area contributed by atoms with E-state index in [1.807, 2.05) is 0 Å². The summed E-state index contributed by atoms with van der Waals surface area (Å²) in [6.45, 7) is 0.159. The normalized spacial score (nSPS) is 10.1. The van der Waals surface area contributed by atoms with Crippen molar-refractivity contribution < 1.29 is 9.72 Å². The number of carbonyl (C=O) groups excluding carboxylic acids is 1. The first-order valence-corrected chi connectivity index (χ1v) is 5.98. The number of hydrogen-bond acceptors (Lipinski definition) is 4. The van der Waals surface area contributed by atoms with E-state index in [0.29, 0.717) is 11.3 Å². The minimum Gasteiger partial charge on any atom is -0.336 e. The fraction of sp³-hybridized carbons (Fsp3) is 0.143. The molecule has 0 aliphatic heterocycles. The predicted octanol–water partition coefficient (Wildman–Crippen LogP) is 2.26. The second-order valence-corrected chi connectivity index (χ2v) is 4.26. The van der Waals surface area contributed by atoms with Gasteiger partial charge in [0.05, 0.1) is 11.5 Å². The number of hydrogen-bond donors (Lipinski definition) is 0. The van der Waals surface area contributed by atoms with Crippen LogP contribution in [-0.4, -0.2) is 27.8 Å². The molecule has 1 aromatic carbocycles. The minimum atomic E-state index is -0.450. The molecule has 0 atom stereocenters. The number of nitro groups is 1. The molecule has 1 aromatic heterocycles. The Morgan fingerprint density at radius 2 is 1.95 bits per heavy atom. The number of carbonyl (C=O) groups is 1. The van der Waals surface area contributed by atoms with Gasteiger partial charge in [0.15, 0.2) is 0 Å². The van der Waals surface area contributed by atoms with Crippen molar-refractivity contribution in [3.8, 4) is 0 Å². The van der Waals surface area contributed by atoms with Gasteiger partial charge in [-0.25, -0.2) is 0 Å². The van der Waals surface area contributed by atoms with Gasteiger partial charge < -0.3 is 4.90 Å². The number of nitrogens with zero attached hydrogens (tertiary/aromatic N) is 3. The zero-order valence-corrected chi connectivity index (χ0v) is 10.9. The molecule has 0 bridgehead atoms. The quantitative estimate of drug-likeness (QED) is 0.631. The molecule has 2 aromatic rings. The molecule has 0 aliphatic carbocycles. The summed E-state index contributed by atoms with van der Waals surface area (Å²) in [6, 6.07) is 11.4. The van der Waals surface area contributed by atoms with E-state index in [2.05, 4.69) is 4.98 Å². The van der Waals surface area contributed by atoms with E-state index in [1.54, 1.807) is 43.4 Å². The van der Waals surface area contributed by atoms with E-state index in [-0.39, 0.29) is 18.1 Å². The molecule has 0 N–H and O–H groups in total. The molecule has 6 heteroatoms. The Labute approximate surface area is 115 Å². The summed E-state index contributed by atoms with van der Waals surface area (Å²) in [5, 5.41) is 10.9. The van der Waals surface area contributed by atoms with Crippen LogP contribution < -0.4 is 0 Å². The van der Waals surface area contributed by atoms with Crippen LogP contribution in [0.1, 0.15) is 16.1 Å². The number of aromatic nitrogens is 1. The van der Waals surface area contributed by atoms with E-state index >= 15 is 0 Å². The van der Waals surface area contributed by atoms with Gasteiger partial charge in [-0.15, -0.1) is 0 Å². The largest absolute Gasteiger partial charge is 0.336 e. The third-order valence-electron chi connectivity index (χ3n) is 2.83. The first-order chi connectivity index (χ1) is 9.59. The lowest BCUT2D eigenvalue weighted by Gasteiger charge is -2.16. The summed E-state index contributed by atoms with van der Waals surface area (Å²) >= 11 is 0. The van der Waals surface area contributed by atoms with Gasteiger partial charge in [0, 0.05) is 24.9 Å². The van der Waals surface area contributed by atoms with Crippen LogP contribution in [-0.2, 0) is 6.54 Å². The Hall–Kier alpha value is -2.76. The van der Waals surface area contributed by atoms with Gasteiger partial charge in [0.1, 0.15) is 5.69 Å². The first kappa shape index (κ1) is 13.7. The summed E-state index contributed by atoms with van der Waals surface area (Å²) in [4.78, 5) is 28.0. The van der Waals surface area contributed by atoms with Crippen molar-refractivity contribution >= 4 is 11.6 Å². The topological polar surface area (TPSA) is 76.3 Å². The van der Waals surface area contributed by atoms with Crippen molar-refractivity contribution in [2.75, 3.05) is 7.05 Å². The van der Waals surface area contributed by atoms with Crippen LogP contribution in [0.5, 0.6) is 0 Å². The molecule has 0 unspecified atom stereocenters. The summed E-state index contributed by atoms with van der Waals surface area (Å²) < 4.78 is 0. The highest BCUT2D eigenvalue weighted by Gasteiger charge is 2.18. The second-order valence-electron chi connectivity index (χ2n) is 4.26. The molecule has 2 rings (SSSR count). The van der Waals surface area contributed by atoms with Crippen LogP contribution in [0.15, 0.2) is 48.7 Å². The van der Waals surface area contributed by atoms with E-state index in [9.17, 15) is 14.9 Å². The van der Waals surface area contributed by atoms with Crippen molar-refractivity contribution in [3.05, 3.63) is 70.0 Å². The maximum absolute atomic E-state index is 12.1. The molecule has 20 heavy (non-hydrogen) atoms. The van der Waals surface area contributed by atoms with Gasteiger partial charge >= 0.3 is 0 Å². The number of pyridine rings is 1. The molecule has 1 amide bonds. The monoisotopic (exact) mass is 271 g/mol. The van der Waals surface area contributed by atoms with Crippen LogP contribution in [0.4, 0.5) is 5.69 Å². The van der Waals surface area contributed by atoms with E-state index in [1.165, 1.54) is 17.2 Å². The molecule has 0 saturated heterocycles. The van der Waals surface area contributed by atoms with E-state index < -0.39 is 4.92 Å². The lowest BCUT2D eigenvalue weighted by atomic mass is 10.1. The molecule has 1 heterocycles. The van der Waals surface area contributed by atoms with Crippen molar-refractivity contribution in [1.82, 2.24) is 9.88 Å². The number of para-hydroxylation sites is 1. The molecule has 102 valence electrons. The lowest BCUT2D eigenvalue weighted by molar-refractivity contribution is -0.385. The number of nitro benzene ring substituents is 1. The number of benzene rings is 1. The van der Waals surface area contributed by atoms with Crippen LogP contribution >= 0.6 is 0 Å². The predicted molar refractivity (Wildman–Crippen MR) is 73.1 cm³/mol. The van der Waals surface area contributed by atoms with Gasteiger partial charge in [0.25, 0.3) is 11.6 Å². The molecular weight excluding hydrogens is 258 g/mol. The highest BCUT2D eigenvalue weighted by molar-refractivity contribution is 5.92. The lowest BCUT2D eigenvalue weighted by Crippen LogP contribution is -2.27. The van der Waals surface area contributed by atoms with Crippen LogP contribution in [0.3, 0.4) is 0 Å². The van der Waals surface area contributed by atoms with Gasteiger partial charge in [-0.3, -0.25) is 19.9 Å². The van der Waals surface area contributed by atoms with Gasteiger partial charge in [0.2, 0.25) is 0 Å². The Balaban J connectivity index is 2.18. The van der Waals surface area contributed by atoms with Crippen LogP contribution in [0.25, 0.3) is 0 Å². The Morgan fingerprint density at radius 3 is 2.60 bits per heavy atom. The van der Waals surface area contributed by atoms with Gasteiger partial charge in [-0.05, 0) is 12.1 Å². The summed E-state index contributed by atoms with van der Waals surface area (Å²) in [7, 11) is 1.59. The number of amides is 1. The molecule has 0 saturated carbocycles. The van der Waals surface area contributed by atoms with Crippen molar-refractivity contribution in [3.63, 3.8) is 0 Å². The van der Waals surface area contributed by atoms with Crippen molar-refractivity contribution in [2.24, 2.45) is 0 Å². The Morgan fingerprint density at radius 1 is 1.25 bits per heavy atom. The Bertz CT molecular complexity index is 629. The summed E-state index contributed by atoms with van der Waals surface area (Å²) in [5.74, 6) is -0.274. The average molecular weight is 271 g/mol. The molecule has 6 nitrogen and oxygen atoms in total. The first-order valence-electron chi connectivity index (χ1n) is 5.98. The van der Waals surface area contributed by atoms with E-state index in [4.69, 9.17) is 0 Å². The zero-order valence-electron chi connectivity index (χ0n) is 10.9. The zero-order chi connectivity index (χ0) is 14.5. The summed E-state index contributed by atoms with van der Waals surface area (Å²) in [5.41, 5.74) is 0.811. The Kier molecular flexibility index (Phi) is 4.05. The van der Waals surface area contributed by atoms with Gasteiger partial charge in [-0.1, -0.05) is 24.3 Å². The van der Waals surface area contributed by atoms with Crippen molar-refractivity contribution in [2.45, 2.75) is 6.54 Å². The smallest absolute Gasteiger partial charge is 0.274 e. The van der Waals surface area contributed by atoms with E-state index in [0.717, 1.165) is 0 Å². The molecule has 0 aliphatic rings. The molecular formula is C14H13N3O3. The third-order valence-corrected chi connectivity index (χ3v) is 2.83. The average Bonchev–Trinajstić information content (AvgIpc) is 2.47. The SMILES string of the molecule is CN(Cc1ccccc1[N+](=O)[O-])C(=O)c1ccccn1. The fourth-order valence-corrected chi connectivity index (χ4v) is 1.83. The summed E-state index contributed by atoms with van der Waals surface area (Å²) in [6.07, 6.45) is 1.53. The van der Waals surface area contributed by atoms with Crippen LogP contribution in [0, 0.1) is 10.1 Å². The van der Waals surface area contributed by atoms with Crippen molar-refractivity contribution in [1.29, 1.82) is 0 Å². The standard InChI is InChI=1S/C14H13N3O3/c1-16(14(18)12-7-4-5-9-15-12)10-11-6-2-3-8-13(11)17(19)20/h2-9H,10H2,1H3. The van der Waals surface area contributed by atoms with Crippen LogP contribution in [0.2, 0.25) is 0 Å². The fourth-order valence-electron chi connectivity index (χ4n) is 1.83. The highest BCUT2D eigenvalue weighted by Crippen LogP contribution is 2.19. The third kappa shape index (κ3) is 2.97. The molecule has 0 radical (unpaired) electrons. The second kappa shape index (κ2) is 5.92. The maximum Gasteiger partial charge on any atom is 0.274 e. The molecule has 0 spiro atoms.